The van der Waals surface area contributed by atoms with Crippen molar-refractivity contribution in [3.8, 4) is 0 Å². The first-order chi connectivity index (χ1) is 8.24. The van der Waals surface area contributed by atoms with Crippen LogP contribution in [0, 0.1) is 0 Å². The van der Waals surface area contributed by atoms with E-state index < -0.39 is 5.97 Å². The Kier molecular flexibility index (Phi) is 3.58. The predicted octanol–water partition coefficient (Wildman–Crippen LogP) is 0.986. The lowest BCUT2D eigenvalue weighted by Gasteiger charge is -2.24. The number of carbonyl (C=O) groups is 1. The third-order valence-electron chi connectivity index (χ3n) is 2.91. The molecule has 0 aromatic carbocycles. The van der Waals surface area contributed by atoms with Gasteiger partial charge in [-0.05, 0) is 25.0 Å². The Labute approximate surface area is 99.0 Å². The maximum Gasteiger partial charge on any atom is 0.343 e. The molecule has 0 bridgehead atoms. The normalized spacial score (nSPS) is 19.9. The maximum atomic E-state index is 12.1. The molecule has 92 valence electrons. The van der Waals surface area contributed by atoms with E-state index in [1.54, 1.807) is 16.8 Å². The maximum absolute atomic E-state index is 12.1. The topological polar surface area (TPSA) is 57.5 Å². The molecule has 2 rings (SSSR count). The van der Waals surface area contributed by atoms with Crippen molar-refractivity contribution >= 4 is 5.97 Å². The number of esters is 1. The number of rotatable bonds is 2. The summed E-state index contributed by atoms with van der Waals surface area (Å²) in [6, 6.07) is 3.18. The first kappa shape index (κ1) is 11.9. The Morgan fingerprint density at radius 3 is 3.06 bits per heavy atom. The fourth-order valence-corrected chi connectivity index (χ4v) is 2.01. The van der Waals surface area contributed by atoms with Crippen molar-refractivity contribution in [3.05, 3.63) is 34.2 Å². The van der Waals surface area contributed by atoms with Crippen LogP contribution in [0.5, 0.6) is 0 Å². The number of carbonyl (C=O) groups excluding carboxylic acids is 1. The first-order valence-electron chi connectivity index (χ1n) is 5.61. The van der Waals surface area contributed by atoms with Crippen molar-refractivity contribution in [3.63, 3.8) is 0 Å². The molecular weight excluding hydrogens is 222 g/mol. The number of pyridine rings is 1. The first-order valence-corrected chi connectivity index (χ1v) is 5.61. The summed E-state index contributed by atoms with van der Waals surface area (Å²) in [6.45, 7) is 1.26. The zero-order valence-electron chi connectivity index (χ0n) is 9.72. The Hall–Kier alpha value is -1.62. The second kappa shape index (κ2) is 5.14. The minimum atomic E-state index is -0.596. The number of methoxy groups -OCH3 is 1. The summed E-state index contributed by atoms with van der Waals surface area (Å²) < 4.78 is 11.5. The third-order valence-corrected chi connectivity index (χ3v) is 2.91. The minimum absolute atomic E-state index is 0.0147. The Balaban J connectivity index is 2.34. The predicted molar refractivity (Wildman–Crippen MR) is 61.1 cm³/mol. The van der Waals surface area contributed by atoms with Crippen molar-refractivity contribution in [1.82, 2.24) is 4.57 Å². The smallest absolute Gasteiger partial charge is 0.343 e. The lowest BCUT2D eigenvalue weighted by atomic mass is 10.1. The van der Waals surface area contributed by atoms with E-state index in [4.69, 9.17) is 4.74 Å². The molecular formula is C12H15NO4. The highest BCUT2D eigenvalue weighted by Crippen LogP contribution is 2.17. The third kappa shape index (κ3) is 2.39. The van der Waals surface area contributed by atoms with Gasteiger partial charge in [0.15, 0.2) is 0 Å². The van der Waals surface area contributed by atoms with E-state index in [1.807, 2.05) is 0 Å². The summed E-state index contributed by atoms with van der Waals surface area (Å²) in [5.74, 6) is -0.596. The van der Waals surface area contributed by atoms with Crippen molar-refractivity contribution in [2.24, 2.45) is 0 Å². The Morgan fingerprint density at radius 2 is 2.41 bits per heavy atom. The van der Waals surface area contributed by atoms with Gasteiger partial charge in [0, 0.05) is 12.8 Å². The van der Waals surface area contributed by atoms with Gasteiger partial charge >= 0.3 is 5.97 Å². The van der Waals surface area contributed by atoms with E-state index in [9.17, 15) is 9.59 Å². The van der Waals surface area contributed by atoms with Crippen LogP contribution in [0.2, 0.25) is 0 Å². The number of nitrogens with zero attached hydrogens (tertiary/aromatic N) is 1. The van der Waals surface area contributed by atoms with Gasteiger partial charge in [-0.25, -0.2) is 4.79 Å². The van der Waals surface area contributed by atoms with Crippen LogP contribution in [-0.2, 0) is 9.47 Å². The Bertz CT molecular complexity index is 460. The molecule has 0 spiro atoms. The monoisotopic (exact) mass is 237 g/mol. The molecule has 1 aromatic rings. The fraction of sp³-hybridized carbons (Fsp3) is 0.500. The average molecular weight is 237 g/mol. The summed E-state index contributed by atoms with van der Waals surface area (Å²) in [5, 5.41) is 0. The van der Waals surface area contributed by atoms with Gasteiger partial charge in [-0.1, -0.05) is 0 Å². The van der Waals surface area contributed by atoms with E-state index in [-0.39, 0.29) is 17.2 Å². The molecule has 1 aliphatic rings. The molecule has 17 heavy (non-hydrogen) atoms. The van der Waals surface area contributed by atoms with Gasteiger partial charge in [0.1, 0.15) is 5.56 Å². The lowest BCUT2D eigenvalue weighted by Crippen LogP contribution is -2.33. The van der Waals surface area contributed by atoms with Crippen LogP contribution in [0.4, 0.5) is 0 Å². The van der Waals surface area contributed by atoms with Crippen molar-refractivity contribution in [2.45, 2.75) is 18.9 Å². The van der Waals surface area contributed by atoms with Crippen LogP contribution in [0.15, 0.2) is 23.1 Å². The van der Waals surface area contributed by atoms with Crippen LogP contribution in [0.1, 0.15) is 29.2 Å². The number of hydrogen-bond donors (Lipinski definition) is 0. The van der Waals surface area contributed by atoms with Gasteiger partial charge in [0.25, 0.3) is 5.56 Å². The summed E-state index contributed by atoms with van der Waals surface area (Å²) in [5.41, 5.74) is -0.240. The molecule has 1 atom stereocenters. The van der Waals surface area contributed by atoms with E-state index >= 15 is 0 Å². The fourth-order valence-electron chi connectivity index (χ4n) is 2.01. The summed E-state index contributed by atoms with van der Waals surface area (Å²) in [6.07, 6.45) is 3.51. The number of aromatic nitrogens is 1. The van der Waals surface area contributed by atoms with Crippen LogP contribution < -0.4 is 5.56 Å². The second-order valence-corrected chi connectivity index (χ2v) is 4.00. The van der Waals surface area contributed by atoms with E-state index in [0.29, 0.717) is 6.61 Å². The van der Waals surface area contributed by atoms with Crippen molar-refractivity contribution in [2.75, 3.05) is 20.3 Å². The van der Waals surface area contributed by atoms with Gasteiger partial charge in [-0.15, -0.1) is 0 Å². The summed E-state index contributed by atoms with van der Waals surface area (Å²) >= 11 is 0. The molecule has 0 aliphatic carbocycles. The van der Waals surface area contributed by atoms with Crippen LogP contribution in [-0.4, -0.2) is 30.9 Å². The number of hydrogen-bond acceptors (Lipinski definition) is 4. The van der Waals surface area contributed by atoms with Gasteiger partial charge in [0.2, 0.25) is 0 Å². The van der Waals surface area contributed by atoms with E-state index in [2.05, 4.69) is 4.74 Å². The van der Waals surface area contributed by atoms with Gasteiger partial charge < -0.3 is 14.0 Å². The summed E-state index contributed by atoms with van der Waals surface area (Å²) in [7, 11) is 1.27. The van der Waals surface area contributed by atoms with Crippen LogP contribution >= 0.6 is 0 Å². The summed E-state index contributed by atoms with van der Waals surface area (Å²) in [4.78, 5) is 23.5. The molecule has 0 saturated carbocycles. The number of ether oxygens (including phenoxy) is 2. The highest BCUT2D eigenvalue weighted by Gasteiger charge is 2.19. The van der Waals surface area contributed by atoms with Crippen molar-refractivity contribution < 1.29 is 14.3 Å². The van der Waals surface area contributed by atoms with Gasteiger partial charge in [-0.3, -0.25) is 4.79 Å². The zero-order valence-corrected chi connectivity index (χ0v) is 9.72. The minimum Gasteiger partial charge on any atom is -0.465 e. The second-order valence-electron chi connectivity index (χ2n) is 4.00. The highest BCUT2D eigenvalue weighted by atomic mass is 16.5. The average Bonchev–Trinajstić information content (AvgIpc) is 2.39. The van der Waals surface area contributed by atoms with Crippen LogP contribution in [0.25, 0.3) is 0 Å². The largest absolute Gasteiger partial charge is 0.465 e. The molecule has 5 heteroatoms. The molecule has 1 aliphatic heterocycles. The van der Waals surface area contributed by atoms with E-state index in [1.165, 1.54) is 13.2 Å². The quantitative estimate of drug-likeness (QED) is 0.720. The molecule has 1 fully saturated rings. The molecule has 2 heterocycles. The molecule has 1 aromatic heterocycles. The molecule has 0 amide bonds. The zero-order chi connectivity index (χ0) is 12.3. The standard InChI is InChI=1S/C12H15NO4/c1-16-12(15)10-5-2-6-13(11(10)14)9-4-3-7-17-8-9/h2,5-6,9H,3-4,7-8H2,1H3. The van der Waals surface area contributed by atoms with Gasteiger partial charge in [-0.2, -0.15) is 0 Å². The SMILES string of the molecule is COC(=O)c1cccn(C2CCCOC2)c1=O. The molecule has 0 N–H and O–H groups in total. The van der Waals surface area contributed by atoms with Crippen molar-refractivity contribution in [1.29, 1.82) is 0 Å². The molecule has 1 unspecified atom stereocenters. The Morgan fingerprint density at radius 1 is 1.59 bits per heavy atom. The van der Waals surface area contributed by atoms with Gasteiger partial charge in [0.05, 0.1) is 19.8 Å². The van der Waals surface area contributed by atoms with Crippen LogP contribution in [0.3, 0.4) is 0 Å². The van der Waals surface area contributed by atoms with E-state index in [0.717, 1.165) is 19.4 Å². The highest BCUT2D eigenvalue weighted by molar-refractivity contribution is 5.88. The molecule has 1 saturated heterocycles. The lowest BCUT2D eigenvalue weighted by molar-refractivity contribution is 0.0555. The molecule has 0 radical (unpaired) electrons. The molecule has 5 nitrogen and oxygen atoms in total.